The maximum absolute atomic E-state index is 12.4. The normalized spacial score (nSPS) is 20.0. The molecule has 0 saturated heterocycles. The van der Waals surface area contributed by atoms with Gasteiger partial charge >= 0.3 is 0 Å². The minimum Gasteiger partial charge on any atom is -0.370 e. The molecule has 1 aromatic rings. The number of carbonyl (C=O) groups is 1. The number of hydrogen-bond donors (Lipinski definition) is 1. The molecular formula is C22H23N3OS2. The van der Waals surface area contributed by atoms with Crippen LogP contribution in [0, 0.1) is 12.3 Å². The fourth-order valence-electron chi connectivity index (χ4n) is 3.63. The highest BCUT2D eigenvalue weighted by atomic mass is 32.2. The van der Waals surface area contributed by atoms with Crippen LogP contribution in [0.3, 0.4) is 0 Å². The molecule has 3 heterocycles. The summed E-state index contributed by atoms with van der Waals surface area (Å²) >= 11 is 3.41. The molecule has 1 N–H and O–H groups in total. The van der Waals surface area contributed by atoms with E-state index < -0.39 is 0 Å². The van der Waals surface area contributed by atoms with E-state index in [1.54, 1.807) is 23.1 Å². The summed E-state index contributed by atoms with van der Waals surface area (Å²) in [7, 11) is 0. The molecule has 4 rings (SSSR count). The summed E-state index contributed by atoms with van der Waals surface area (Å²) in [5.74, 6) is 2.51. The third kappa shape index (κ3) is 3.69. The lowest BCUT2D eigenvalue weighted by molar-refractivity contribution is -0.116. The van der Waals surface area contributed by atoms with Crippen LogP contribution in [0.1, 0.15) is 42.2 Å². The highest BCUT2D eigenvalue weighted by molar-refractivity contribution is 8.18. The first-order valence-corrected chi connectivity index (χ1v) is 11.1. The first-order valence-electron chi connectivity index (χ1n) is 9.48. The van der Waals surface area contributed by atoms with Gasteiger partial charge in [0, 0.05) is 40.4 Å². The smallest absolute Gasteiger partial charge is 0.225 e. The zero-order valence-electron chi connectivity index (χ0n) is 16.0. The largest absolute Gasteiger partial charge is 0.370 e. The number of nitrogens with one attached hydrogen (secondary N) is 1. The molecule has 1 aliphatic carbocycles. The Hall–Kier alpha value is -2.23. The Balaban J connectivity index is 1.68. The Bertz CT molecular complexity index is 961. The molecule has 28 heavy (non-hydrogen) atoms. The molecule has 2 aliphatic heterocycles. The molecule has 144 valence electrons. The van der Waals surface area contributed by atoms with E-state index in [-0.39, 0.29) is 11.9 Å². The van der Waals surface area contributed by atoms with Crippen molar-refractivity contribution in [2.75, 3.05) is 11.9 Å². The second-order valence-corrected chi connectivity index (χ2v) is 9.32. The van der Waals surface area contributed by atoms with E-state index in [0.29, 0.717) is 12.8 Å². The summed E-state index contributed by atoms with van der Waals surface area (Å²) in [6.07, 6.45) is 14.4. The van der Waals surface area contributed by atoms with Gasteiger partial charge in [0.15, 0.2) is 0 Å². The number of carbonyl (C=O) groups excluding carboxylic acids is 1. The number of terminal acetylenes is 1. The molecule has 1 atom stereocenters. The summed E-state index contributed by atoms with van der Waals surface area (Å²) in [5, 5.41) is 5.07. The summed E-state index contributed by atoms with van der Waals surface area (Å²) in [5.41, 5.74) is 3.53. The lowest BCUT2D eigenvalue weighted by Gasteiger charge is -2.29. The van der Waals surface area contributed by atoms with Gasteiger partial charge in [-0.1, -0.05) is 36.6 Å². The van der Waals surface area contributed by atoms with Crippen molar-refractivity contribution in [3.8, 4) is 12.3 Å². The number of nitrogens with zero attached hydrogens (tertiary/aromatic N) is 2. The number of thioether (sulfide) groups is 1. The molecule has 0 saturated carbocycles. The van der Waals surface area contributed by atoms with Gasteiger partial charge in [0.1, 0.15) is 10.0 Å². The molecule has 0 fully saturated rings. The van der Waals surface area contributed by atoms with Gasteiger partial charge in [0.05, 0.1) is 12.6 Å². The van der Waals surface area contributed by atoms with Gasteiger partial charge in [0.2, 0.25) is 5.91 Å². The van der Waals surface area contributed by atoms with Crippen LogP contribution in [-0.4, -0.2) is 28.4 Å². The summed E-state index contributed by atoms with van der Waals surface area (Å²) in [4.78, 5) is 22.3. The summed E-state index contributed by atoms with van der Waals surface area (Å²) in [6.45, 7) is 7.92. The van der Waals surface area contributed by atoms with Crippen molar-refractivity contribution in [3.05, 3.63) is 51.4 Å². The molecule has 4 nitrogen and oxygen atoms in total. The van der Waals surface area contributed by atoms with E-state index in [1.807, 2.05) is 6.92 Å². The van der Waals surface area contributed by atoms with Crippen molar-refractivity contribution < 1.29 is 4.79 Å². The number of fused-ring (bicyclic) bond motifs is 2. The molecular weight excluding hydrogens is 386 g/mol. The molecule has 1 aromatic heterocycles. The quantitative estimate of drug-likeness (QED) is 0.717. The van der Waals surface area contributed by atoms with Crippen molar-refractivity contribution in [1.29, 1.82) is 0 Å². The predicted octanol–water partition coefficient (Wildman–Crippen LogP) is 4.70. The average molecular weight is 410 g/mol. The molecule has 0 aromatic carbocycles. The second-order valence-electron chi connectivity index (χ2n) is 7.15. The lowest BCUT2D eigenvalue weighted by atomic mass is 10.0. The Morgan fingerprint density at radius 3 is 3.14 bits per heavy atom. The molecule has 0 bridgehead atoms. The molecule has 6 heteroatoms. The van der Waals surface area contributed by atoms with Gasteiger partial charge in [-0.3, -0.25) is 9.79 Å². The van der Waals surface area contributed by atoms with E-state index in [9.17, 15) is 4.79 Å². The van der Waals surface area contributed by atoms with Gasteiger partial charge < -0.3 is 10.2 Å². The lowest BCUT2D eigenvalue weighted by Crippen LogP contribution is -2.28. The Morgan fingerprint density at radius 2 is 2.39 bits per heavy atom. The van der Waals surface area contributed by atoms with Gasteiger partial charge in [-0.05, 0) is 25.3 Å². The minimum absolute atomic E-state index is 0.0311. The third-order valence-electron chi connectivity index (χ3n) is 5.13. The molecule has 0 radical (unpaired) electrons. The maximum atomic E-state index is 12.4. The molecule has 1 amide bonds. The third-order valence-corrected chi connectivity index (χ3v) is 7.41. The molecule has 0 spiro atoms. The van der Waals surface area contributed by atoms with Gasteiger partial charge in [-0.2, -0.15) is 0 Å². The van der Waals surface area contributed by atoms with Crippen LogP contribution in [0.2, 0.25) is 0 Å². The van der Waals surface area contributed by atoms with E-state index in [1.165, 1.54) is 15.3 Å². The fraction of sp³-hybridized carbons (Fsp3) is 0.364. The maximum Gasteiger partial charge on any atom is 0.225 e. The van der Waals surface area contributed by atoms with Gasteiger partial charge in [-0.25, -0.2) is 0 Å². The Labute approximate surface area is 174 Å². The zero-order valence-corrected chi connectivity index (χ0v) is 17.6. The number of aliphatic imine (C=N–C) groups is 1. The van der Waals surface area contributed by atoms with Crippen LogP contribution in [0.4, 0.5) is 5.00 Å². The van der Waals surface area contributed by atoms with Crippen molar-refractivity contribution in [2.24, 2.45) is 4.99 Å². The van der Waals surface area contributed by atoms with Crippen LogP contribution in [0.25, 0.3) is 0 Å². The van der Waals surface area contributed by atoms with Crippen LogP contribution >= 0.6 is 23.1 Å². The van der Waals surface area contributed by atoms with E-state index in [4.69, 9.17) is 11.4 Å². The number of thiophene rings is 1. The first-order chi connectivity index (χ1) is 13.6. The monoisotopic (exact) mass is 409 g/mol. The highest BCUT2D eigenvalue weighted by Crippen LogP contribution is 2.45. The Morgan fingerprint density at radius 1 is 1.54 bits per heavy atom. The zero-order chi connectivity index (χ0) is 19.7. The van der Waals surface area contributed by atoms with Crippen molar-refractivity contribution in [3.63, 3.8) is 0 Å². The molecule has 1 unspecified atom stereocenters. The standard InChI is InChI=1S/C22H23N3OS2/c1-4-5-10-19(26)24-22-20(21-23-16-8-6-7-9-17(16)27-21)15-11-12-25(14(2)3)13-18(15)28-22/h1,6-7,9,16H,2,5,8,10-13H2,3H3,(H,24,26). The van der Waals surface area contributed by atoms with Gasteiger partial charge in [0.25, 0.3) is 0 Å². The van der Waals surface area contributed by atoms with Crippen molar-refractivity contribution in [2.45, 2.75) is 45.2 Å². The van der Waals surface area contributed by atoms with Crippen LogP contribution in [-0.2, 0) is 17.8 Å². The number of anilines is 1. The number of allylic oxidation sites excluding steroid dienone is 3. The van der Waals surface area contributed by atoms with E-state index in [0.717, 1.165) is 47.2 Å². The number of amides is 1. The SMILES string of the molecule is C#CCCC(=O)Nc1sc2c(c1C1=NC3CC=CC=C3S1)CCN(C(=C)C)C2. The average Bonchev–Trinajstić information content (AvgIpc) is 3.25. The highest BCUT2D eigenvalue weighted by Gasteiger charge is 2.32. The molecule has 3 aliphatic rings. The Kier molecular flexibility index (Phi) is 5.47. The predicted molar refractivity (Wildman–Crippen MR) is 120 cm³/mol. The number of rotatable bonds is 5. The number of hydrogen-bond acceptors (Lipinski definition) is 5. The van der Waals surface area contributed by atoms with E-state index >= 15 is 0 Å². The minimum atomic E-state index is -0.0311. The van der Waals surface area contributed by atoms with Crippen LogP contribution in [0.5, 0.6) is 0 Å². The topological polar surface area (TPSA) is 44.7 Å². The summed E-state index contributed by atoms with van der Waals surface area (Å²) in [6, 6.07) is 0.223. The van der Waals surface area contributed by atoms with Crippen LogP contribution in [0.15, 0.2) is 40.4 Å². The first kappa shape index (κ1) is 19.1. The van der Waals surface area contributed by atoms with Crippen molar-refractivity contribution in [1.82, 2.24) is 4.90 Å². The summed E-state index contributed by atoms with van der Waals surface area (Å²) < 4.78 is 0. The fourth-order valence-corrected chi connectivity index (χ4v) is 6.14. The van der Waals surface area contributed by atoms with Crippen LogP contribution < -0.4 is 5.32 Å². The van der Waals surface area contributed by atoms with Gasteiger partial charge in [-0.15, -0.1) is 23.7 Å². The van der Waals surface area contributed by atoms with E-state index in [2.05, 4.69) is 40.9 Å². The van der Waals surface area contributed by atoms with Crippen molar-refractivity contribution >= 4 is 39.1 Å². The second kappa shape index (κ2) is 8.02.